The van der Waals surface area contributed by atoms with E-state index in [1.807, 2.05) is 6.07 Å². The van der Waals surface area contributed by atoms with Gasteiger partial charge in [-0.25, -0.2) is 0 Å². The van der Waals surface area contributed by atoms with Gasteiger partial charge in [0.25, 0.3) is 0 Å². The molecule has 1 aliphatic heterocycles. The molecule has 4 nitrogen and oxygen atoms in total. The summed E-state index contributed by atoms with van der Waals surface area (Å²) >= 11 is 0. The number of hydrogen-bond acceptors (Lipinski definition) is 3. The van der Waals surface area contributed by atoms with Gasteiger partial charge in [-0.3, -0.25) is 5.11 Å². The van der Waals surface area contributed by atoms with Crippen molar-refractivity contribution in [2.75, 3.05) is 6.61 Å². The zero-order valence-electron chi connectivity index (χ0n) is 18.6. The van der Waals surface area contributed by atoms with Gasteiger partial charge >= 0.3 is 0 Å². The number of rotatable bonds is 9. The lowest BCUT2D eigenvalue weighted by Gasteiger charge is -2.33. The number of aliphatic hydroxyl groups excluding tert-OH is 1. The molecule has 0 aromatic heterocycles. The summed E-state index contributed by atoms with van der Waals surface area (Å²) in [6, 6.07) is 5.70. The molecule has 1 radical (unpaired) electrons. The summed E-state index contributed by atoms with van der Waals surface area (Å²) in [7, 11) is 0. The summed E-state index contributed by atoms with van der Waals surface area (Å²) in [5, 5.41) is 23.1. The largest absolute Gasteiger partial charge is 0.393 e. The van der Waals surface area contributed by atoms with Crippen molar-refractivity contribution in [3.05, 3.63) is 29.3 Å². The van der Waals surface area contributed by atoms with Gasteiger partial charge in [0.05, 0.1) is 12.2 Å². The van der Waals surface area contributed by atoms with Crippen LogP contribution in [0.1, 0.15) is 82.3 Å². The Morgan fingerprint density at radius 1 is 1.20 bits per heavy atom. The van der Waals surface area contributed by atoms with Crippen LogP contribution in [0.4, 0.5) is 0 Å². The van der Waals surface area contributed by atoms with Gasteiger partial charge in [0.2, 0.25) is 0 Å². The van der Waals surface area contributed by atoms with Crippen LogP contribution in [0.5, 0.6) is 5.75 Å². The first-order chi connectivity index (χ1) is 14.7. The maximum Gasteiger partial charge on any atom is 0.182 e. The normalized spacial score (nSPS) is 31.9. The number of hydrogen-bond donors (Lipinski definition) is 1. The van der Waals surface area contributed by atoms with E-state index in [1.54, 1.807) is 6.07 Å². The molecule has 6 atom stereocenters. The van der Waals surface area contributed by atoms with E-state index in [2.05, 4.69) is 13.0 Å². The highest BCUT2D eigenvalue weighted by atomic mass is 16.7. The molecule has 1 saturated carbocycles. The second-order valence-corrected chi connectivity index (χ2v) is 9.82. The van der Waals surface area contributed by atoms with Crippen LogP contribution < -0.4 is 0 Å². The zero-order valence-corrected chi connectivity index (χ0v) is 18.6. The highest BCUT2D eigenvalue weighted by Gasteiger charge is 2.45. The van der Waals surface area contributed by atoms with Gasteiger partial charge in [-0.15, -0.1) is 0 Å². The average molecular weight is 416 g/mol. The summed E-state index contributed by atoms with van der Waals surface area (Å²) in [6.45, 7) is 3.06. The standard InChI is InChI=1S/C26H39O4/c1-2-3-4-9-20(30-26-11-5-6-14-29-26)12-13-21-22-15-18-8-7-10-24(27)23(18)16-19(22)17-25(21)28/h7-8,10,19-22,25-26,28H,2-6,9,11-17H2,1H3. The topological polar surface area (TPSA) is 58.6 Å². The lowest BCUT2D eigenvalue weighted by molar-refractivity contribution is -0.191. The third-order valence-electron chi connectivity index (χ3n) is 7.78. The fourth-order valence-electron chi connectivity index (χ4n) is 6.12. The number of ether oxygens (including phenoxy) is 2. The molecule has 1 N–H and O–H groups in total. The molecule has 30 heavy (non-hydrogen) atoms. The van der Waals surface area contributed by atoms with Gasteiger partial charge in [0, 0.05) is 12.2 Å². The molecule has 0 spiro atoms. The monoisotopic (exact) mass is 415 g/mol. The minimum atomic E-state index is -0.244. The van der Waals surface area contributed by atoms with E-state index in [0.29, 0.717) is 17.8 Å². The second-order valence-electron chi connectivity index (χ2n) is 9.82. The van der Waals surface area contributed by atoms with Crippen molar-refractivity contribution in [2.24, 2.45) is 17.8 Å². The van der Waals surface area contributed by atoms with Crippen LogP contribution in [0.2, 0.25) is 0 Å². The molecule has 6 unspecified atom stereocenters. The van der Waals surface area contributed by atoms with Crippen molar-refractivity contribution in [3.63, 3.8) is 0 Å². The molecule has 0 amide bonds. The van der Waals surface area contributed by atoms with Gasteiger partial charge in [0.15, 0.2) is 12.0 Å². The fraction of sp³-hybridized carbons (Fsp3) is 0.769. The molecule has 2 aliphatic carbocycles. The van der Waals surface area contributed by atoms with E-state index in [0.717, 1.165) is 63.5 Å². The van der Waals surface area contributed by atoms with E-state index in [9.17, 15) is 10.2 Å². The minimum absolute atomic E-state index is 0.0383. The predicted molar refractivity (Wildman–Crippen MR) is 117 cm³/mol. The van der Waals surface area contributed by atoms with Gasteiger partial charge in [-0.1, -0.05) is 38.3 Å². The predicted octanol–water partition coefficient (Wildman–Crippen LogP) is 5.81. The molecule has 1 aromatic carbocycles. The van der Waals surface area contributed by atoms with Gasteiger partial charge in [-0.2, -0.15) is 0 Å². The Morgan fingerprint density at radius 3 is 2.90 bits per heavy atom. The third kappa shape index (κ3) is 5.20. The number of fused-ring (bicyclic) bond motifs is 2. The molecule has 167 valence electrons. The Balaban J connectivity index is 1.37. The Labute approximate surface area is 182 Å². The van der Waals surface area contributed by atoms with Crippen LogP contribution in [0.15, 0.2) is 18.2 Å². The molecular weight excluding hydrogens is 376 g/mol. The minimum Gasteiger partial charge on any atom is -0.393 e. The average Bonchev–Trinajstić information content (AvgIpc) is 3.06. The lowest BCUT2D eigenvalue weighted by atomic mass is 9.73. The van der Waals surface area contributed by atoms with Crippen molar-refractivity contribution >= 4 is 0 Å². The van der Waals surface area contributed by atoms with E-state index in [4.69, 9.17) is 9.47 Å². The van der Waals surface area contributed by atoms with Gasteiger partial charge in [0.1, 0.15) is 0 Å². The van der Waals surface area contributed by atoms with Crippen LogP contribution >= 0.6 is 0 Å². The zero-order chi connectivity index (χ0) is 20.9. The van der Waals surface area contributed by atoms with E-state index >= 15 is 0 Å². The molecule has 3 aliphatic rings. The molecule has 4 heteroatoms. The third-order valence-corrected chi connectivity index (χ3v) is 7.78. The molecule has 0 bridgehead atoms. The Bertz CT molecular complexity index is 669. The molecular formula is C26H39O4. The highest BCUT2D eigenvalue weighted by Crippen LogP contribution is 2.48. The first-order valence-corrected chi connectivity index (χ1v) is 12.4. The van der Waals surface area contributed by atoms with Gasteiger partial charge in [-0.05, 0) is 87.2 Å². The number of aliphatic hydroxyl groups is 1. The summed E-state index contributed by atoms with van der Waals surface area (Å²) in [5.74, 6) is 1.45. The summed E-state index contributed by atoms with van der Waals surface area (Å²) in [5.41, 5.74) is 2.22. The van der Waals surface area contributed by atoms with E-state index in [1.165, 1.54) is 31.2 Å². The first kappa shape index (κ1) is 22.1. The van der Waals surface area contributed by atoms with E-state index < -0.39 is 0 Å². The van der Waals surface area contributed by atoms with Crippen LogP contribution in [-0.4, -0.2) is 30.2 Å². The quantitative estimate of drug-likeness (QED) is 0.517. The SMILES string of the molecule is CCCCCC(CCC1C(O)CC2Cc3c([O])cccc3CC21)OC1CCCCO1. The summed E-state index contributed by atoms with van der Waals surface area (Å²) < 4.78 is 12.2. The Kier molecular flexibility index (Phi) is 7.72. The Hall–Kier alpha value is -1.10. The smallest absolute Gasteiger partial charge is 0.182 e. The maximum atomic E-state index is 12.3. The maximum absolute atomic E-state index is 12.3. The Morgan fingerprint density at radius 2 is 2.10 bits per heavy atom. The molecule has 1 aromatic rings. The molecule has 1 heterocycles. The number of benzene rings is 1. The molecule has 2 fully saturated rings. The number of unbranched alkanes of at least 4 members (excludes halogenated alkanes) is 2. The summed E-state index contributed by atoms with van der Waals surface area (Å²) in [4.78, 5) is 0. The fourth-order valence-corrected chi connectivity index (χ4v) is 6.12. The summed E-state index contributed by atoms with van der Waals surface area (Å²) in [6.07, 6.45) is 12.7. The van der Waals surface area contributed by atoms with Gasteiger partial charge < -0.3 is 14.6 Å². The van der Waals surface area contributed by atoms with Crippen LogP contribution in [0, 0.1) is 17.8 Å². The van der Waals surface area contributed by atoms with Crippen molar-refractivity contribution < 1.29 is 19.7 Å². The van der Waals surface area contributed by atoms with Crippen molar-refractivity contribution in [3.8, 4) is 5.75 Å². The van der Waals surface area contributed by atoms with Crippen LogP contribution in [-0.2, 0) is 27.4 Å². The van der Waals surface area contributed by atoms with E-state index in [-0.39, 0.29) is 24.2 Å². The van der Waals surface area contributed by atoms with Crippen molar-refractivity contribution in [1.82, 2.24) is 0 Å². The van der Waals surface area contributed by atoms with Crippen molar-refractivity contribution in [1.29, 1.82) is 0 Å². The van der Waals surface area contributed by atoms with Crippen LogP contribution in [0.3, 0.4) is 0 Å². The molecule has 1 saturated heterocycles. The highest BCUT2D eigenvalue weighted by molar-refractivity contribution is 5.41. The lowest BCUT2D eigenvalue weighted by Crippen LogP contribution is -2.30. The van der Waals surface area contributed by atoms with Crippen LogP contribution in [0.25, 0.3) is 0 Å². The van der Waals surface area contributed by atoms with Crippen molar-refractivity contribution in [2.45, 2.75) is 102 Å². The molecule has 4 rings (SSSR count). The first-order valence-electron chi connectivity index (χ1n) is 12.4. The second kappa shape index (κ2) is 10.5.